The molecule has 1 rings (SSSR count). The smallest absolute Gasteiger partial charge is 0.0895 e. The van der Waals surface area contributed by atoms with Crippen molar-refractivity contribution in [3.63, 3.8) is 0 Å². The minimum Gasteiger partial charge on any atom is -0.394 e. The number of rotatable bonds is 6. The predicted octanol–water partition coefficient (Wildman–Crippen LogP) is 1.73. The van der Waals surface area contributed by atoms with Gasteiger partial charge in [-0.2, -0.15) is 0 Å². The van der Waals surface area contributed by atoms with Gasteiger partial charge in [-0.3, -0.25) is 0 Å². The minimum atomic E-state index is -0.707. The normalized spacial score (nSPS) is 14.8. The molecule has 0 saturated carbocycles. The first kappa shape index (κ1) is 13.5. The summed E-state index contributed by atoms with van der Waals surface area (Å²) < 4.78 is 0. The fraction of sp³-hybridized carbons (Fsp3) is 0.500. The zero-order valence-electron chi connectivity index (χ0n) is 9.36. The lowest BCUT2D eigenvalue weighted by atomic mass is 10.0. The van der Waals surface area contributed by atoms with E-state index in [9.17, 15) is 5.11 Å². The second-order valence-electron chi connectivity index (χ2n) is 3.76. The van der Waals surface area contributed by atoms with Crippen LogP contribution in [0.4, 0.5) is 0 Å². The van der Waals surface area contributed by atoms with Gasteiger partial charge in [0.25, 0.3) is 0 Å². The quantitative estimate of drug-likeness (QED) is 0.713. The number of hydrogen-bond donors (Lipinski definition) is 3. The zero-order valence-corrected chi connectivity index (χ0v) is 10.1. The molecular weight excluding hydrogens is 226 g/mol. The Kier molecular flexibility index (Phi) is 5.77. The van der Waals surface area contributed by atoms with Crippen LogP contribution in [0, 0.1) is 0 Å². The molecule has 0 saturated heterocycles. The van der Waals surface area contributed by atoms with Gasteiger partial charge in [-0.25, -0.2) is 0 Å². The molecule has 2 atom stereocenters. The molecule has 0 aromatic heterocycles. The molecule has 90 valence electrons. The van der Waals surface area contributed by atoms with Crippen LogP contribution in [0.25, 0.3) is 0 Å². The van der Waals surface area contributed by atoms with Gasteiger partial charge >= 0.3 is 0 Å². The highest BCUT2D eigenvalue weighted by atomic mass is 35.5. The van der Waals surface area contributed by atoms with E-state index in [4.69, 9.17) is 16.7 Å². The van der Waals surface area contributed by atoms with Crippen LogP contribution in [0.3, 0.4) is 0 Å². The van der Waals surface area contributed by atoms with Crippen LogP contribution in [0.1, 0.15) is 24.9 Å². The van der Waals surface area contributed by atoms with E-state index in [-0.39, 0.29) is 12.6 Å². The fourth-order valence-electron chi connectivity index (χ4n) is 1.54. The lowest BCUT2D eigenvalue weighted by Gasteiger charge is -2.19. The van der Waals surface area contributed by atoms with Crippen molar-refractivity contribution >= 4 is 11.6 Å². The summed E-state index contributed by atoms with van der Waals surface area (Å²) in [6.45, 7) is 2.24. The SMILES string of the molecule is CCC(NCC(O)CO)c1ccc(Cl)cc1. The fourth-order valence-corrected chi connectivity index (χ4v) is 1.66. The maximum absolute atomic E-state index is 9.26. The number of aliphatic hydroxyl groups is 2. The first-order valence-corrected chi connectivity index (χ1v) is 5.83. The summed E-state index contributed by atoms with van der Waals surface area (Å²) in [4.78, 5) is 0. The van der Waals surface area contributed by atoms with Crippen molar-refractivity contribution < 1.29 is 10.2 Å². The van der Waals surface area contributed by atoms with Crippen molar-refractivity contribution in [1.82, 2.24) is 5.32 Å². The minimum absolute atomic E-state index is 0.179. The Morgan fingerprint density at radius 3 is 2.44 bits per heavy atom. The summed E-state index contributed by atoms with van der Waals surface area (Å²) in [6, 6.07) is 7.82. The topological polar surface area (TPSA) is 52.5 Å². The van der Waals surface area contributed by atoms with E-state index in [0.29, 0.717) is 11.6 Å². The number of benzene rings is 1. The Morgan fingerprint density at radius 2 is 1.94 bits per heavy atom. The maximum atomic E-state index is 9.26. The van der Waals surface area contributed by atoms with E-state index in [1.165, 1.54) is 0 Å². The molecule has 0 aliphatic rings. The first-order valence-electron chi connectivity index (χ1n) is 5.45. The molecule has 0 heterocycles. The van der Waals surface area contributed by atoms with Gasteiger partial charge in [0, 0.05) is 17.6 Å². The highest BCUT2D eigenvalue weighted by molar-refractivity contribution is 6.30. The van der Waals surface area contributed by atoms with Crippen molar-refractivity contribution in [3.05, 3.63) is 34.9 Å². The third-order valence-corrected chi connectivity index (χ3v) is 2.74. The highest BCUT2D eigenvalue weighted by Crippen LogP contribution is 2.18. The molecule has 0 aliphatic carbocycles. The molecule has 0 spiro atoms. The highest BCUT2D eigenvalue weighted by Gasteiger charge is 2.10. The molecule has 0 fully saturated rings. The second-order valence-corrected chi connectivity index (χ2v) is 4.19. The lowest BCUT2D eigenvalue weighted by Crippen LogP contribution is -2.32. The molecular formula is C12H18ClNO2. The van der Waals surface area contributed by atoms with Crippen molar-refractivity contribution in [2.75, 3.05) is 13.2 Å². The van der Waals surface area contributed by atoms with E-state index >= 15 is 0 Å². The van der Waals surface area contributed by atoms with Crippen molar-refractivity contribution in [2.24, 2.45) is 0 Å². The van der Waals surface area contributed by atoms with Gasteiger partial charge in [0.05, 0.1) is 12.7 Å². The van der Waals surface area contributed by atoms with Gasteiger partial charge in [-0.05, 0) is 24.1 Å². The molecule has 0 amide bonds. The largest absolute Gasteiger partial charge is 0.394 e. The summed E-state index contributed by atoms with van der Waals surface area (Å²) in [5.41, 5.74) is 1.14. The Balaban J connectivity index is 2.57. The maximum Gasteiger partial charge on any atom is 0.0895 e. The predicted molar refractivity (Wildman–Crippen MR) is 65.6 cm³/mol. The number of hydrogen-bond acceptors (Lipinski definition) is 3. The van der Waals surface area contributed by atoms with Crippen LogP contribution in [0.15, 0.2) is 24.3 Å². The van der Waals surface area contributed by atoms with Crippen LogP contribution < -0.4 is 5.32 Å². The van der Waals surface area contributed by atoms with E-state index in [2.05, 4.69) is 12.2 Å². The Bertz CT molecular complexity index is 302. The molecule has 2 unspecified atom stereocenters. The van der Waals surface area contributed by atoms with Crippen molar-refractivity contribution in [1.29, 1.82) is 0 Å². The monoisotopic (exact) mass is 243 g/mol. The van der Waals surface area contributed by atoms with E-state index in [1.807, 2.05) is 24.3 Å². The molecule has 0 bridgehead atoms. The van der Waals surface area contributed by atoms with Crippen LogP contribution in [-0.2, 0) is 0 Å². The summed E-state index contributed by atoms with van der Waals surface area (Å²) >= 11 is 5.82. The molecule has 3 nitrogen and oxygen atoms in total. The average Bonchev–Trinajstić information content (AvgIpc) is 2.31. The van der Waals surface area contributed by atoms with Gasteiger partial charge in [0.2, 0.25) is 0 Å². The van der Waals surface area contributed by atoms with Crippen LogP contribution >= 0.6 is 11.6 Å². The number of halogens is 1. The Labute approximate surface area is 101 Å². The summed E-state index contributed by atoms with van der Waals surface area (Å²) in [7, 11) is 0. The molecule has 0 aliphatic heterocycles. The Hall–Kier alpha value is -0.610. The molecule has 1 aromatic carbocycles. The first-order chi connectivity index (χ1) is 7.67. The van der Waals surface area contributed by atoms with Gasteiger partial charge < -0.3 is 15.5 Å². The summed E-state index contributed by atoms with van der Waals surface area (Å²) in [6.07, 6.45) is 0.209. The van der Waals surface area contributed by atoms with Crippen LogP contribution in [0.2, 0.25) is 5.02 Å². The lowest BCUT2D eigenvalue weighted by molar-refractivity contribution is 0.0917. The number of aliphatic hydroxyl groups excluding tert-OH is 2. The number of nitrogens with one attached hydrogen (secondary N) is 1. The van der Waals surface area contributed by atoms with Crippen LogP contribution in [-0.4, -0.2) is 29.5 Å². The zero-order chi connectivity index (χ0) is 12.0. The molecule has 4 heteroatoms. The van der Waals surface area contributed by atoms with Crippen LogP contribution in [0.5, 0.6) is 0 Å². The molecule has 0 radical (unpaired) electrons. The standard InChI is InChI=1S/C12H18ClNO2/c1-2-12(14-7-11(16)8-15)9-3-5-10(13)6-4-9/h3-6,11-12,14-16H,2,7-8H2,1H3. The van der Waals surface area contributed by atoms with Gasteiger partial charge in [-0.15, -0.1) is 0 Å². The van der Waals surface area contributed by atoms with Gasteiger partial charge in [0.15, 0.2) is 0 Å². The molecule has 1 aromatic rings. The van der Waals surface area contributed by atoms with E-state index in [0.717, 1.165) is 12.0 Å². The second kappa shape index (κ2) is 6.86. The molecule has 16 heavy (non-hydrogen) atoms. The third-order valence-electron chi connectivity index (χ3n) is 2.49. The summed E-state index contributed by atoms with van der Waals surface area (Å²) in [5.74, 6) is 0. The van der Waals surface area contributed by atoms with E-state index in [1.54, 1.807) is 0 Å². The Morgan fingerprint density at radius 1 is 1.31 bits per heavy atom. The van der Waals surface area contributed by atoms with Gasteiger partial charge in [-0.1, -0.05) is 30.7 Å². The third kappa shape index (κ3) is 4.10. The van der Waals surface area contributed by atoms with Gasteiger partial charge in [0.1, 0.15) is 0 Å². The molecule has 3 N–H and O–H groups in total. The van der Waals surface area contributed by atoms with E-state index < -0.39 is 6.10 Å². The summed E-state index contributed by atoms with van der Waals surface area (Å²) in [5, 5.41) is 21.9. The average molecular weight is 244 g/mol. The van der Waals surface area contributed by atoms with Crippen molar-refractivity contribution in [2.45, 2.75) is 25.5 Å². The van der Waals surface area contributed by atoms with Crippen molar-refractivity contribution in [3.8, 4) is 0 Å².